The standard InChI is InChI=1S/C11H16BrN3O/c1-2-3-8-9(12)10(13)15-11(14-8)7-4-5-16-6-7/h7H,2-6H2,1H3,(H2,13,14,15). The topological polar surface area (TPSA) is 61.0 Å². The fourth-order valence-corrected chi connectivity index (χ4v) is 2.23. The average molecular weight is 286 g/mol. The van der Waals surface area contributed by atoms with Crippen molar-refractivity contribution in [2.45, 2.75) is 32.1 Å². The number of aryl methyl sites for hydroxylation is 1. The van der Waals surface area contributed by atoms with Crippen LogP contribution in [0.1, 0.15) is 37.2 Å². The van der Waals surface area contributed by atoms with Gasteiger partial charge in [0.1, 0.15) is 11.6 Å². The predicted molar refractivity (Wildman–Crippen MR) is 66.3 cm³/mol. The van der Waals surface area contributed by atoms with Gasteiger partial charge >= 0.3 is 0 Å². The van der Waals surface area contributed by atoms with Crippen LogP contribution in [0.2, 0.25) is 0 Å². The maximum absolute atomic E-state index is 5.88. The van der Waals surface area contributed by atoms with E-state index in [2.05, 4.69) is 32.8 Å². The van der Waals surface area contributed by atoms with Crippen molar-refractivity contribution in [2.75, 3.05) is 18.9 Å². The molecule has 0 amide bonds. The molecule has 1 unspecified atom stereocenters. The zero-order valence-corrected chi connectivity index (χ0v) is 11.0. The minimum atomic E-state index is 0.311. The van der Waals surface area contributed by atoms with Crippen LogP contribution in [0.4, 0.5) is 5.82 Å². The lowest BCUT2D eigenvalue weighted by atomic mass is 10.1. The fourth-order valence-electron chi connectivity index (χ4n) is 1.86. The Hall–Kier alpha value is -0.680. The van der Waals surface area contributed by atoms with E-state index in [4.69, 9.17) is 10.5 Å². The lowest BCUT2D eigenvalue weighted by Gasteiger charge is -2.11. The van der Waals surface area contributed by atoms with E-state index in [0.717, 1.165) is 41.9 Å². The number of ether oxygens (including phenoxy) is 1. The predicted octanol–water partition coefficient (Wildman–Crippen LogP) is 2.28. The molecule has 2 heterocycles. The Morgan fingerprint density at radius 3 is 2.94 bits per heavy atom. The number of halogens is 1. The van der Waals surface area contributed by atoms with E-state index in [9.17, 15) is 0 Å². The average Bonchev–Trinajstić information content (AvgIpc) is 2.78. The van der Waals surface area contributed by atoms with Gasteiger partial charge in [-0.25, -0.2) is 9.97 Å². The Morgan fingerprint density at radius 1 is 1.50 bits per heavy atom. The molecule has 5 heteroatoms. The summed E-state index contributed by atoms with van der Waals surface area (Å²) in [6.45, 7) is 3.64. The molecule has 1 aromatic rings. The smallest absolute Gasteiger partial charge is 0.141 e. The molecule has 0 aliphatic carbocycles. The fraction of sp³-hybridized carbons (Fsp3) is 0.636. The summed E-state index contributed by atoms with van der Waals surface area (Å²) in [4.78, 5) is 8.92. The van der Waals surface area contributed by atoms with Crippen molar-refractivity contribution in [2.24, 2.45) is 0 Å². The zero-order chi connectivity index (χ0) is 11.5. The molecular formula is C11H16BrN3O. The van der Waals surface area contributed by atoms with E-state index < -0.39 is 0 Å². The van der Waals surface area contributed by atoms with Crippen molar-refractivity contribution in [1.29, 1.82) is 0 Å². The van der Waals surface area contributed by atoms with Gasteiger partial charge in [-0.2, -0.15) is 0 Å². The van der Waals surface area contributed by atoms with E-state index in [1.54, 1.807) is 0 Å². The van der Waals surface area contributed by atoms with Crippen LogP contribution in [0.5, 0.6) is 0 Å². The highest BCUT2D eigenvalue weighted by Crippen LogP contribution is 2.28. The Kier molecular flexibility index (Phi) is 3.76. The molecule has 2 rings (SSSR count). The Bertz CT molecular complexity index is 378. The number of nitrogens with zero attached hydrogens (tertiary/aromatic N) is 2. The van der Waals surface area contributed by atoms with Gasteiger partial charge in [0.15, 0.2) is 0 Å². The van der Waals surface area contributed by atoms with E-state index in [1.165, 1.54) is 0 Å². The minimum Gasteiger partial charge on any atom is -0.383 e. The van der Waals surface area contributed by atoms with Crippen LogP contribution >= 0.6 is 15.9 Å². The van der Waals surface area contributed by atoms with Crippen LogP contribution < -0.4 is 5.73 Å². The molecule has 0 bridgehead atoms. The van der Waals surface area contributed by atoms with Crippen molar-refractivity contribution in [1.82, 2.24) is 9.97 Å². The van der Waals surface area contributed by atoms with Crippen molar-refractivity contribution >= 4 is 21.7 Å². The largest absolute Gasteiger partial charge is 0.383 e. The second-order valence-electron chi connectivity index (χ2n) is 4.04. The molecule has 0 aromatic carbocycles. The number of hydrogen-bond acceptors (Lipinski definition) is 4. The van der Waals surface area contributed by atoms with E-state index >= 15 is 0 Å². The molecule has 0 spiro atoms. The third-order valence-electron chi connectivity index (χ3n) is 2.74. The molecular weight excluding hydrogens is 270 g/mol. The summed E-state index contributed by atoms with van der Waals surface area (Å²) >= 11 is 3.44. The van der Waals surface area contributed by atoms with Gasteiger partial charge in [0.2, 0.25) is 0 Å². The summed E-state index contributed by atoms with van der Waals surface area (Å²) in [5, 5.41) is 0. The SMILES string of the molecule is CCCc1nc(C2CCOC2)nc(N)c1Br. The molecule has 1 fully saturated rings. The molecule has 4 nitrogen and oxygen atoms in total. The quantitative estimate of drug-likeness (QED) is 0.926. The maximum atomic E-state index is 5.88. The Balaban J connectivity index is 2.31. The van der Waals surface area contributed by atoms with Crippen molar-refractivity contribution in [3.63, 3.8) is 0 Å². The number of aromatic nitrogens is 2. The van der Waals surface area contributed by atoms with Crippen LogP contribution in [0.25, 0.3) is 0 Å². The molecule has 88 valence electrons. The summed E-state index contributed by atoms with van der Waals surface area (Å²) in [6.07, 6.45) is 2.97. The molecule has 1 aliphatic heterocycles. The second-order valence-corrected chi connectivity index (χ2v) is 4.83. The number of nitrogens with two attached hydrogens (primary N) is 1. The first-order valence-electron chi connectivity index (χ1n) is 5.62. The minimum absolute atomic E-state index is 0.311. The Labute approximate surface area is 104 Å². The van der Waals surface area contributed by atoms with Crippen molar-refractivity contribution in [3.8, 4) is 0 Å². The van der Waals surface area contributed by atoms with Crippen LogP contribution in [0.3, 0.4) is 0 Å². The first kappa shape index (κ1) is 11.8. The highest BCUT2D eigenvalue weighted by Gasteiger charge is 2.22. The summed E-state index contributed by atoms with van der Waals surface area (Å²) in [5.41, 5.74) is 6.89. The van der Waals surface area contributed by atoms with Crippen molar-refractivity contribution < 1.29 is 4.74 Å². The van der Waals surface area contributed by atoms with E-state index in [0.29, 0.717) is 18.3 Å². The zero-order valence-electron chi connectivity index (χ0n) is 9.37. The summed E-state index contributed by atoms with van der Waals surface area (Å²) in [7, 11) is 0. The van der Waals surface area contributed by atoms with Crippen LogP contribution in [-0.2, 0) is 11.2 Å². The number of nitrogen functional groups attached to an aromatic ring is 1. The van der Waals surface area contributed by atoms with Crippen LogP contribution in [0.15, 0.2) is 4.47 Å². The molecule has 1 aromatic heterocycles. The first-order valence-corrected chi connectivity index (χ1v) is 6.41. The van der Waals surface area contributed by atoms with E-state index in [-0.39, 0.29) is 0 Å². The lowest BCUT2D eigenvalue weighted by Crippen LogP contribution is -2.10. The molecule has 2 N–H and O–H groups in total. The van der Waals surface area contributed by atoms with Gasteiger partial charge in [-0.15, -0.1) is 0 Å². The highest BCUT2D eigenvalue weighted by atomic mass is 79.9. The van der Waals surface area contributed by atoms with E-state index in [1.807, 2.05) is 0 Å². The monoisotopic (exact) mass is 285 g/mol. The van der Waals surface area contributed by atoms with Gasteiger partial charge in [-0.05, 0) is 28.8 Å². The van der Waals surface area contributed by atoms with Crippen LogP contribution in [-0.4, -0.2) is 23.2 Å². The van der Waals surface area contributed by atoms with Gasteiger partial charge < -0.3 is 10.5 Å². The molecule has 1 aliphatic rings. The number of rotatable bonds is 3. The molecule has 0 radical (unpaired) electrons. The molecule has 1 atom stereocenters. The summed E-state index contributed by atoms with van der Waals surface area (Å²) < 4.78 is 6.19. The molecule has 16 heavy (non-hydrogen) atoms. The van der Waals surface area contributed by atoms with Crippen molar-refractivity contribution in [3.05, 3.63) is 16.0 Å². The third-order valence-corrected chi connectivity index (χ3v) is 3.61. The van der Waals surface area contributed by atoms with Gasteiger partial charge in [0.05, 0.1) is 16.8 Å². The third kappa shape index (κ3) is 2.35. The lowest BCUT2D eigenvalue weighted by molar-refractivity contribution is 0.193. The maximum Gasteiger partial charge on any atom is 0.141 e. The summed E-state index contributed by atoms with van der Waals surface area (Å²) in [5.74, 6) is 1.69. The van der Waals surface area contributed by atoms with Gasteiger partial charge in [0.25, 0.3) is 0 Å². The summed E-state index contributed by atoms with van der Waals surface area (Å²) in [6, 6.07) is 0. The molecule has 0 saturated carbocycles. The first-order chi connectivity index (χ1) is 7.72. The van der Waals surface area contributed by atoms with Gasteiger partial charge in [0, 0.05) is 12.5 Å². The van der Waals surface area contributed by atoms with Gasteiger partial charge in [-0.1, -0.05) is 13.3 Å². The highest BCUT2D eigenvalue weighted by molar-refractivity contribution is 9.10. The number of hydrogen-bond donors (Lipinski definition) is 1. The molecule has 1 saturated heterocycles. The second kappa shape index (κ2) is 5.10. The number of anilines is 1. The van der Waals surface area contributed by atoms with Crippen LogP contribution in [0, 0.1) is 0 Å². The Morgan fingerprint density at radius 2 is 2.31 bits per heavy atom. The normalized spacial score (nSPS) is 20.2. The van der Waals surface area contributed by atoms with Gasteiger partial charge in [-0.3, -0.25) is 0 Å².